The molecule has 0 atom stereocenters. The van der Waals surface area contributed by atoms with Crippen LogP contribution >= 0.6 is 0 Å². The van der Waals surface area contributed by atoms with Crippen molar-refractivity contribution in [2.24, 2.45) is 7.05 Å². The Kier molecular flexibility index (Phi) is 3.02. The van der Waals surface area contributed by atoms with Crippen LogP contribution in [0.2, 0.25) is 0 Å². The van der Waals surface area contributed by atoms with E-state index in [1.54, 1.807) is 0 Å². The summed E-state index contributed by atoms with van der Waals surface area (Å²) in [7, 11) is 2.05. The molecule has 18 heavy (non-hydrogen) atoms. The summed E-state index contributed by atoms with van der Waals surface area (Å²) >= 11 is 0. The van der Waals surface area contributed by atoms with Gasteiger partial charge in [0, 0.05) is 38.6 Å². The lowest BCUT2D eigenvalue weighted by Gasteiger charge is -2.24. The first-order valence-electron chi connectivity index (χ1n) is 6.33. The van der Waals surface area contributed by atoms with E-state index in [2.05, 4.69) is 44.0 Å². The molecule has 2 heterocycles. The zero-order valence-electron chi connectivity index (χ0n) is 10.6. The van der Waals surface area contributed by atoms with Gasteiger partial charge in [-0.2, -0.15) is 0 Å². The van der Waals surface area contributed by atoms with Crippen molar-refractivity contribution in [3.63, 3.8) is 0 Å². The molecule has 0 amide bonds. The van der Waals surface area contributed by atoms with E-state index in [9.17, 15) is 0 Å². The molecule has 1 aromatic heterocycles. The normalized spacial score (nSPS) is 15.3. The summed E-state index contributed by atoms with van der Waals surface area (Å²) in [6, 6.07) is 8.62. The highest BCUT2D eigenvalue weighted by molar-refractivity contribution is 5.54. The maximum atomic E-state index is 4.19. The summed E-state index contributed by atoms with van der Waals surface area (Å²) in [5, 5.41) is 3.46. The summed E-state index contributed by atoms with van der Waals surface area (Å²) in [4.78, 5) is 6.61. The van der Waals surface area contributed by atoms with E-state index in [1.807, 2.05) is 19.6 Å². The van der Waals surface area contributed by atoms with Crippen LogP contribution in [0.3, 0.4) is 0 Å². The molecule has 4 nitrogen and oxygen atoms in total. The van der Waals surface area contributed by atoms with Crippen LogP contribution in [0, 0.1) is 0 Å². The molecule has 0 fully saturated rings. The van der Waals surface area contributed by atoms with Gasteiger partial charge in [-0.3, -0.25) is 0 Å². The van der Waals surface area contributed by atoms with Crippen molar-refractivity contribution in [2.45, 2.75) is 13.1 Å². The lowest BCUT2D eigenvalue weighted by molar-refractivity contribution is 0.676. The summed E-state index contributed by atoms with van der Waals surface area (Å²) in [6.45, 7) is 3.92. The van der Waals surface area contributed by atoms with Gasteiger partial charge in [0.2, 0.25) is 0 Å². The molecule has 0 aliphatic carbocycles. The van der Waals surface area contributed by atoms with Crippen molar-refractivity contribution >= 4 is 5.69 Å². The summed E-state index contributed by atoms with van der Waals surface area (Å²) in [5.74, 6) is 0. The van der Waals surface area contributed by atoms with E-state index in [0.717, 1.165) is 26.2 Å². The van der Waals surface area contributed by atoms with Gasteiger partial charge in [0.1, 0.15) is 0 Å². The minimum Gasteiger partial charge on any atom is -0.364 e. The minimum absolute atomic E-state index is 0.912. The molecular weight excluding hydrogens is 224 g/mol. The van der Waals surface area contributed by atoms with Gasteiger partial charge in [-0.25, -0.2) is 4.98 Å². The fourth-order valence-corrected chi connectivity index (χ4v) is 2.42. The number of nitrogens with zero attached hydrogens (tertiary/aromatic N) is 3. The summed E-state index contributed by atoms with van der Waals surface area (Å²) < 4.78 is 2.08. The molecule has 0 saturated carbocycles. The van der Waals surface area contributed by atoms with Crippen LogP contribution in [0.15, 0.2) is 36.8 Å². The number of aromatic nitrogens is 2. The van der Waals surface area contributed by atoms with Crippen molar-refractivity contribution in [1.29, 1.82) is 0 Å². The molecule has 1 aromatic carbocycles. The van der Waals surface area contributed by atoms with Crippen LogP contribution in [0.5, 0.6) is 0 Å². The van der Waals surface area contributed by atoms with Crippen molar-refractivity contribution in [2.75, 3.05) is 18.0 Å². The van der Waals surface area contributed by atoms with Crippen LogP contribution in [-0.4, -0.2) is 22.6 Å². The molecular formula is C14H18N4. The Morgan fingerprint density at radius 2 is 2.22 bits per heavy atom. The number of para-hydroxylation sites is 1. The maximum absolute atomic E-state index is 4.19. The number of benzene rings is 1. The molecule has 1 N–H and O–H groups in total. The third-order valence-electron chi connectivity index (χ3n) is 3.48. The van der Waals surface area contributed by atoms with Gasteiger partial charge >= 0.3 is 0 Å². The van der Waals surface area contributed by atoms with E-state index in [1.165, 1.54) is 16.9 Å². The molecule has 0 bridgehead atoms. The van der Waals surface area contributed by atoms with E-state index < -0.39 is 0 Å². The number of fused-ring (bicyclic) bond motifs is 1. The predicted octanol–water partition coefficient (Wildman–Crippen LogP) is 1.53. The van der Waals surface area contributed by atoms with E-state index in [0.29, 0.717) is 0 Å². The smallest absolute Gasteiger partial charge is 0.0946 e. The number of imidazole rings is 1. The predicted molar refractivity (Wildman–Crippen MR) is 72.4 cm³/mol. The van der Waals surface area contributed by atoms with Crippen LogP contribution in [0.1, 0.15) is 11.3 Å². The van der Waals surface area contributed by atoms with Gasteiger partial charge in [0.05, 0.1) is 18.6 Å². The third-order valence-corrected chi connectivity index (χ3v) is 3.48. The molecule has 0 saturated heterocycles. The van der Waals surface area contributed by atoms with Crippen molar-refractivity contribution in [1.82, 2.24) is 14.9 Å². The number of hydrogen-bond acceptors (Lipinski definition) is 3. The van der Waals surface area contributed by atoms with Gasteiger partial charge in [-0.1, -0.05) is 18.2 Å². The number of aryl methyl sites for hydroxylation is 1. The second kappa shape index (κ2) is 4.82. The first-order chi connectivity index (χ1) is 8.84. The Morgan fingerprint density at radius 1 is 1.33 bits per heavy atom. The number of nitrogens with one attached hydrogen (secondary N) is 1. The standard InChI is InChI=1S/C14H18N4/c1-17-11-16-9-13(17)10-18-7-6-15-8-12-4-2-3-5-14(12)18/h2-5,9,11,15H,6-8,10H2,1H3. The second-order valence-corrected chi connectivity index (χ2v) is 4.72. The Balaban J connectivity index is 1.90. The van der Waals surface area contributed by atoms with Crippen molar-refractivity contribution < 1.29 is 0 Å². The zero-order chi connectivity index (χ0) is 12.4. The SMILES string of the molecule is Cn1cncc1CN1CCNCc2ccccc21. The Morgan fingerprint density at radius 3 is 3.06 bits per heavy atom. The summed E-state index contributed by atoms with van der Waals surface area (Å²) in [5.41, 5.74) is 3.95. The molecule has 1 aliphatic heterocycles. The fraction of sp³-hybridized carbons (Fsp3) is 0.357. The Bertz CT molecular complexity index is 532. The van der Waals surface area contributed by atoms with Crippen LogP contribution in [0.4, 0.5) is 5.69 Å². The number of anilines is 1. The second-order valence-electron chi connectivity index (χ2n) is 4.72. The van der Waals surface area contributed by atoms with Gasteiger partial charge in [0.25, 0.3) is 0 Å². The highest BCUT2D eigenvalue weighted by Gasteiger charge is 2.15. The average molecular weight is 242 g/mol. The molecule has 0 radical (unpaired) electrons. The van der Waals surface area contributed by atoms with Gasteiger partial charge < -0.3 is 14.8 Å². The molecule has 0 spiro atoms. The van der Waals surface area contributed by atoms with Crippen LogP contribution in [-0.2, 0) is 20.1 Å². The van der Waals surface area contributed by atoms with Crippen LogP contribution in [0.25, 0.3) is 0 Å². The lowest BCUT2D eigenvalue weighted by atomic mass is 10.1. The van der Waals surface area contributed by atoms with Crippen LogP contribution < -0.4 is 10.2 Å². The van der Waals surface area contributed by atoms with Gasteiger partial charge in [0.15, 0.2) is 0 Å². The molecule has 3 rings (SSSR count). The first kappa shape index (κ1) is 11.3. The number of hydrogen-bond donors (Lipinski definition) is 1. The quantitative estimate of drug-likeness (QED) is 0.867. The largest absolute Gasteiger partial charge is 0.364 e. The molecule has 1 aliphatic rings. The van der Waals surface area contributed by atoms with Crippen molar-refractivity contribution in [3.05, 3.63) is 48.0 Å². The third kappa shape index (κ3) is 2.11. The monoisotopic (exact) mass is 242 g/mol. The van der Waals surface area contributed by atoms with Crippen molar-refractivity contribution in [3.8, 4) is 0 Å². The lowest BCUT2D eigenvalue weighted by Crippen LogP contribution is -2.28. The Hall–Kier alpha value is -1.81. The van der Waals surface area contributed by atoms with E-state index >= 15 is 0 Å². The average Bonchev–Trinajstić information content (AvgIpc) is 2.68. The molecule has 4 heteroatoms. The highest BCUT2D eigenvalue weighted by atomic mass is 15.2. The number of rotatable bonds is 2. The molecule has 2 aromatic rings. The topological polar surface area (TPSA) is 33.1 Å². The maximum Gasteiger partial charge on any atom is 0.0946 e. The first-order valence-corrected chi connectivity index (χ1v) is 6.33. The van der Waals surface area contributed by atoms with E-state index in [-0.39, 0.29) is 0 Å². The molecule has 0 unspecified atom stereocenters. The summed E-state index contributed by atoms with van der Waals surface area (Å²) in [6.07, 6.45) is 3.80. The van der Waals surface area contributed by atoms with Gasteiger partial charge in [-0.05, 0) is 11.6 Å². The zero-order valence-corrected chi connectivity index (χ0v) is 10.6. The highest BCUT2D eigenvalue weighted by Crippen LogP contribution is 2.23. The fourth-order valence-electron chi connectivity index (χ4n) is 2.42. The molecule has 94 valence electrons. The van der Waals surface area contributed by atoms with E-state index in [4.69, 9.17) is 0 Å². The van der Waals surface area contributed by atoms with Gasteiger partial charge in [-0.15, -0.1) is 0 Å². The Labute approximate surface area is 107 Å². The minimum atomic E-state index is 0.912.